The molecule has 0 radical (unpaired) electrons. The highest BCUT2D eigenvalue weighted by molar-refractivity contribution is 6.01. The first-order valence-electron chi connectivity index (χ1n) is 6.98. The number of carbonyl (C=O) groups excluding carboxylic acids is 1. The molecular weight excluding hydrogens is 284 g/mol. The van der Waals surface area contributed by atoms with Gasteiger partial charge in [0, 0.05) is 25.2 Å². The van der Waals surface area contributed by atoms with E-state index in [-0.39, 0.29) is 5.91 Å². The molecule has 0 aliphatic carbocycles. The lowest BCUT2D eigenvalue weighted by Crippen LogP contribution is -2.36. The highest BCUT2D eigenvalue weighted by atomic mass is 16.5. The summed E-state index contributed by atoms with van der Waals surface area (Å²) in [5.41, 5.74) is 0. The first-order chi connectivity index (χ1) is 10.8. The summed E-state index contributed by atoms with van der Waals surface area (Å²) in [7, 11) is 0. The van der Waals surface area contributed by atoms with Crippen molar-refractivity contribution in [2.45, 2.75) is 0 Å². The summed E-state index contributed by atoms with van der Waals surface area (Å²) >= 11 is 0. The minimum absolute atomic E-state index is 0.275. The van der Waals surface area contributed by atoms with Crippen molar-refractivity contribution >= 4 is 23.6 Å². The molecule has 2 aromatic heterocycles. The molecule has 7 nitrogen and oxygen atoms in total. The molecule has 2 aromatic rings. The number of hydrogen-bond donors (Lipinski definition) is 1. The second-order valence-corrected chi connectivity index (χ2v) is 4.70. The molecule has 0 spiro atoms. The van der Waals surface area contributed by atoms with Crippen LogP contribution >= 0.6 is 0 Å². The van der Waals surface area contributed by atoms with Crippen LogP contribution in [0.25, 0.3) is 6.08 Å². The number of nitrogens with zero attached hydrogens (tertiary/aromatic N) is 3. The van der Waals surface area contributed by atoms with Crippen molar-refractivity contribution in [1.82, 2.24) is 9.97 Å². The number of anilines is 2. The number of carbonyl (C=O) groups is 1. The third-order valence-electron chi connectivity index (χ3n) is 3.18. The van der Waals surface area contributed by atoms with Crippen LogP contribution in [-0.4, -0.2) is 42.2 Å². The second-order valence-electron chi connectivity index (χ2n) is 4.70. The molecule has 0 saturated carbocycles. The molecule has 0 bridgehead atoms. The lowest BCUT2D eigenvalue weighted by molar-refractivity contribution is -0.111. The number of aromatic nitrogens is 2. The van der Waals surface area contributed by atoms with E-state index < -0.39 is 0 Å². The van der Waals surface area contributed by atoms with Crippen molar-refractivity contribution in [3.8, 4) is 0 Å². The topological polar surface area (TPSA) is 80.5 Å². The molecule has 1 aliphatic heterocycles. The summed E-state index contributed by atoms with van der Waals surface area (Å²) < 4.78 is 10.4. The first-order valence-corrected chi connectivity index (χ1v) is 6.98. The molecule has 1 amide bonds. The van der Waals surface area contributed by atoms with E-state index in [0.29, 0.717) is 24.8 Å². The van der Waals surface area contributed by atoms with Gasteiger partial charge in [-0.05, 0) is 18.2 Å². The van der Waals surface area contributed by atoms with Crippen LogP contribution in [0.3, 0.4) is 0 Å². The number of hydrogen-bond acceptors (Lipinski definition) is 6. The van der Waals surface area contributed by atoms with Gasteiger partial charge in [0.05, 0.1) is 19.5 Å². The van der Waals surface area contributed by atoms with E-state index in [4.69, 9.17) is 9.15 Å². The zero-order chi connectivity index (χ0) is 15.2. The van der Waals surface area contributed by atoms with Crippen LogP contribution in [0.5, 0.6) is 0 Å². The Morgan fingerprint density at radius 1 is 1.32 bits per heavy atom. The largest absolute Gasteiger partial charge is 0.465 e. The van der Waals surface area contributed by atoms with Crippen LogP contribution in [0, 0.1) is 0 Å². The van der Waals surface area contributed by atoms with Crippen LogP contribution < -0.4 is 10.2 Å². The average molecular weight is 300 g/mol. The van der Waals surface area contributed by atoms with Gasteiger partial charge in [0.2, 0.25) is 5.91 Å². The monoisotopic (exact) mass is 300 g/mol. The zero-order valence-corrected chi connectivity index (χ0v) is 11.9. The molecule has 0 aromatic carbocycles. The van der Waals surface area contributed by atoms with Crippen LogP contribution in [0.2, 0.25) is 0 Å². The lowest BCUT2D eigenvalue weighted by Gasteiger charge is -2.27. The van der Waals surface area contributed by atoms with E-state index in [0.717, 1.165) is 18.9 Å². The maximum atomic E-state index is 11.9. The van der Waals surface area contributed by atoms with Gasteiger partial charge < -0.3 is 19.4 Å². The summed E-state index contributed by atoms with van der Waals surface area (Å²) in [4.78, 5) is 22.3. The number of furan rings is 1. The third kappa shape index (κ3) is 3.70. The highest BCUT2D eigenvalue weighted by Gasteiger charge is 2.13. The summed E-state index contributed by atoms with van der Waals surface area (Å²) in [5.74, 6) is 1.59. The van der Waals surface area contributed by atoms with Crippen LogP contribution in [0.15, 0.2) is 41.3 Å². The Morgan fingerprint density at radius 2 is 2.18 bits per heavy atom. The Bertz CT molecular complexity index is 649. The Balaban J connectivity index is 1.63. The Morgan fingerprint density at radius 3 is 2.95 bits per heavy atom. The van der Waals surface area contributed by atoms with E-state index in [1.165, 1.54) is 12.4 Å². The molecule has 7 heteroatoms. The SMILES string of the molecule is O=C(/C=C/c1ccco1)Nc1cc(N2CCOCC2)ncn1. The van der Waals surface area contributed by atoms with Gasteiger partial charge in [-0.3, -0.25) is 4.79 Å². The van der Waals surface area contributed by atoms with Gasteiger partial charge in [-0.2, -0.15) is 0 Å². The van der Waals surface area contributed by atoms with Crippen molar-refractivity contribution in [1.29, 1.82) is 0 Å². The van der Waals surface area contributed by atoms with Crippen molar-refractivity contribution in [3.05, 3.63) is 42.6 Å². The standard InChI is InChI=1S/C15H16N4O3/c20-15(4-3-12-2-1-7-22-12)18-13-10-14(17-11-16-13)19-5-8-21-9-6-19/h1-4,7,10-11H,5-6,8-9H2,(H,16,17,18,20)/b4-3+. The fourth-order valence-corrected chi connectivity index (χ4v) is 2.09. The minimum Gasteiger partial charge on any atom is -0.465 e. The fourth-order valence-electron chi connectivity index (χ4n) is 2.09. The molecule has 1 aliphatic rings. The van der Waals surface area contributed by atoms with Crippen molar-refractivity contribution in [2.75, 3.05) is 36.5 Å². The Hall–Kier alpha value is -2.67. The van der Waals surface area contributed by atoms with E-state index in [2.05, 4.69) is 20.2 Å². The molecule has 0 atom stereocenters. The molecule has 0 unspecified atom stereocenters. The molecule has 1 N–H and O–H groups in total. The first kappa shape index (κ1) is 14.3. The number of amides is 1. The Labute approximate surface area is 127 Å². The fraction of sp³-hybridized carbons (Fsp3) is 0.267. The highest BCUT2D eigenvalue weighted by Crippen LogP contribution is 2.15. The van der Waals surface area contributed by atoms with Crippen LogP contribution in [0.4, 0.5) is 11.6 Å². The molecule has 22 heavy (non-hydrogen) atoms. The number of nitrogens with one attached hydrogen (secondary N) is 1. The quantitative estimate of drug-likeness (QED) is 0.863. The predicted molar refractivity (Wildman–Crippen MR) is 81.4 cm³/mol. The maximum Gasteiger partial charge on any atom is 0.249 e. The van der Waals surface area contributed by atoms with E-state index >= 15 is 0 Å². The van der Waals surface area contributed by atoms with E-state index in [9.17, 15) is 4.79 Å². The number of morpholine rings is 1. The molecule has 3 rings (SSSR count). The van der Waals surface area contributed by atoms with Crippen LogP contribution in [0.1, 0.15) is 5.76 Å². The van der Waals surface area contributed by atoms with Gasteiger partial charge >= 0.3 is 0 Å². The number of rotatable bonds is 4. The van der Waals surface area contributed by atoms with E-state index in [1.807, 2.05) is 0 Å². The minimum atomic E-state index is -0.275. The molecule has 1 saturated heterocycles. The number of ether oxygens (including phenoxy) is 1. The molecule has 3 heterocycles. The average Bonchev–Trinajstić information content (AvgIpc) is 3.08. The summed E-state index contributed by atoms with van der Waals surface area (Å²) in [6, 6.07) is 5.28. The second kappa shape index (κ2) is 6.86. The van der Waals surface area contributed by atoms with Crippen LogP contribution in [-0.2, 0) is 9.53 Å². The van der Waals surface area contributed by atoms with Gasteiger partial charge in [0.15, 0.2) is 0 Å². The molecular formula is C15H16N4O3. The zero-order valence-electron chi connectivity index (χ0n) is 11.9. The summed E-state index contributed by atoms with van der Waals surface area (Å²) in [6.45, 7) is 2.92. The smallest absolute Gasteiger partial charge is 0.249 e. The lowest BCUT2D eigenvalue weighted by atomic mass is 10.3. The van der Waals surface area contributed by atoms with Crippen molar-refractivity contribution < 1.29 is 13.9 Å². The van der Waals surface area contributed by atoms with Crippen molar-refractivity contribution in [2.24, 2.45) is 0 Å². The van der Waals surface area contributed by atoms with Gasteiger partial charge in [-0.15, -0.1) is 0 Å². The predicted octanol–water partition coefficient (Wildman–Crippen LogP) is 1.56. The van der Waals surface area contributed by atoms with Gasteiger partial charge in [0.1, 0.15) is 23.7 Å². The normalized spacial score (nSPS) is 15.2. The maximum absolute atomic E-state index is 11.9. The molecule has 1 fully saturated rings. The van der Waals surface area contributed by atoms with E-state index in [1.54, 1.807) is 30.5 Å². The Kier molecular flexibility index (Phi) is 4.45. The summed E-state index contributed by atoms with van der Waals surface area (Å²) in [5, 5.41) is 2.71. The van der Waals surface area contributed by atoms with Gasteiger partial charge in [0.25, 0.3) is 0 Å². The summed E-state index contributed by atoms with van der Waals surface area (Å²) in [6.07, 6.45) is 5.99. The van der Waals surface area contributed by atoms with Crippen molar-refractivity contribution in [3.63, 3.8) is 0 Å². The third-order valence-corrected chi connectivity index (χ3v) is 3.18. The molecule has 114 valence electrons. The van der Waals surface area contributed by atoms with Gasteiger partial charge in [-0.1, -0.05) is 0 Å². The van der Waals surface area contributed by atoms with Gasteiger partial charge in [-0.25, -0.2) is 9.97 Å².